The van der Waals surface area contributed by atoms with Crippen molar-refractivity contribution in [3.63, 3.8) is 0 Å². The number of likely N-dealkylation sites (tertiary alicyclic amines) is 1. The van der Waals surface area contributed by atoms with Gasteiger partial charge in [-0.2, -0.15) is 4.31 Å². The van der Waals surface area contributed by atoms with E-state index in [-0.39, 0.29) is 5.91 Å². The van der Waals surface area contributed by atoms with Gasteiger partial charge >= 0.3 is 0 Å². The van der Waals surface area contributed by atoms with Gasteiger partial charge in [0, 0.05) is 32.9 Å². The van der Waals surface area contributed by atoms with Crippen molar-refractivity contribution >= 4 is 15.9 Å². The molecule has 2 fully saturated rings. The lowest BCUT2D eigenvalue weighted by molar-refractivity contribution is 0.0516. The predicted octanol–water partition coefficient (Wildman–Crippen LogP) is 1.06. The van der Waals surface area contributed by atoms with E-state index in [4.69, 9.17) is 0 Å². The van der Waals surface area contributed by atoms with Crippen molar-refractivity contribution in [1.82, 2.24) is 13.8 Å². The molecular formula is C15H23N3O3S. The quantitative estimate of drug-likeness (QED) is 0.817. The Labute approximate surface area is 131 Å². The zero-order chi connectivity index (χ0) is 16.0. The molecule has 122 valence electrons. The van der Waals surface area contributed by atoms with Crippen molar-refractivity contribution in [3.8, 4) is 0 Å². The lowest BCUT2D eigenvalue weighted by atomic mass is 9.87. The molecule has 2 saturated heterocycles. The lowest BCUT2D eigenvalue weighted by Crippen LogP contribution is -2.58. The van der Waals surface area contributed by atoms with Crippen LogP contribution in [0.1, 0.15) is 36.2 Å². The number of carbonyl (C=O) groups excluding carboxylic acids is 1. The Bertz CT molecular complexity index is 682. The Hall–Kier alpha value is -1.34. The van der Waals surface area contributed by atoms with Gasteiger partial charge in [-0.15, -0.1) is 0 Å². The molecule has 3 heterocycles. The first-order valence-electron chi connectivity index (χ1n) is 7.72. The molecule has 0 aromatic carbocycles. The van der Waals surface area contributed by atoms with Crippen LogP contribution < -0.4 is 0 Å². The second-order valence-electron chi connectivity index (χ2n) is 6.50. The third-order valence-corrected chi connectivity index (χ3v) is 6.31. The van der Waals surface area contributed by atoms with Crippen LogP contribution in [-0.2, 0) is 17.1 Å². The van der Waals surface area contributed by atoms with E-state index in [0.29, 0.717) is 25.3 Å². The fourth-order valence-corrected chi connectivity index (χ4v) is 5.37. The minimum atomic E-state index is -3.23. The van der Waals surface area contributed by atoms with Crippen molar-refractivity contribution in [1.29, 1.82) is 0 Å². The summed E-state index contributed by atoms with van der Waals surface area (Å²) in [4.78, 5) is 14.5. The highest BCUT2D eigenvalue weighted by Crippen LogP contribution is 2.39. The normalized spacial score (nSPS) is 26.7. The summed E-state index contributed by atoms with van der Waals surface area (Å²) in [7, 11) is -1.38. The summed E-state index contributed by atoms with van der Waals surface area (Å²) in [6.07, 6.45) is 6.54. The maximum atomic E-state index is 12.7. The predicted molar refractivity (Wildman–Crippen MR) is 84.1 cm³/mol. The minimum Gasteiger partial charge on any atom is -0.347 e. The number of carbonyl (C=O) groups is 1. The van der Waals surface area contributed by atoms with Crippen molar-refractivity contribution in [2.45, 2.75) is 31.2 Å². The van der Waals surface area contributed by atoms with Crippen molar-refractivity contribution in [2.75, 3.05) is 25.9 Å². The number of rotatable bonds is 2. The molecule has 1 atom stereocenters. The Balaban J connectivity index is 1.85. The van der Waals surface area contributed by atoms with E-state index in [0.717, 1.165) is 25.7 Å². The number of piperidine rings is 1. The number of hydrogen-bond donors (Lipinski definition) is 0. The molecule has 2 aliphatic rings. The zero-order valence-corrected chi connectivity index (χ0v) is 14.0. The maximum Gasteiger partial charge on any atom is 0.270 e. The average molecular weight is 325 g/mol. The highest BCUT2D eigenvalue weighted by atomic mass is 32.2. The SMILES string of the molecule is Cn1cccc1C(=O)N1CCC[C@]2(CCCN2S(C)(=O)=O)C1. The number of amides is 1. The Morgan fingerprint density at radius 1 is 1.23 bits per heavy atom. The highest BCUT2D eigenvalue weighted by molar-refractivity contribution is 7.88. The van der Waals surface area contributed by atoms with Gasteiger partial charge in [0.1, 0.15) is 5.69 Å². The van der Waals surface area contributed by atoms with Crippen LogP contribution >= 0.6 is 0 Å². The molecule has 1 aromatic rings. The second kappa shape index (κ2) is 5.38. The Morgan fingerprint density at radius 2 is 1.91 bits per heavy atom. The van der Waals surface area contributed by atoms with Gasteiger partial charge < -0.3 is 9.47 Å². The van der Waals surface area contributed by atoms with Gasteiger partial charge in [-0.1, -0.05) is 0 Å². The number of nitrogens with zero attached hydrogens (tertiary/aromatic N) is 3. The summed E-state index contributed by atoms with van der Waals surface area (Å²) in [5.74, 6) is -0.00748. The molecule has 6 nitrogen and oxygen atoms in total. The van der Waals surface area contributed by atoms with Gasteiger partial charge in [-0.25, -0.2) is 8.42 Å². The third-order valence-electron chi connectivity index (χ3n) is 4.94. The first-order chi connectivity index (χ1) is 10.3. The summed E-state index contributed by atoms with van der Waals surface area (Å²) in [6.45, 7) is 1.78. The van der Waals surface area contributed by atoms with Gasteiger partial charge in [-0.05, 0) is 37.8 Å². The fourth-order valence-electron chi connectivity index (χ4n) is 3.97. The van der Waals surface area contributed by atoms with E-state index in [1.807, 2.05) is 34.8 Å². The molecular weight excluding hydrogens is 302 g/mol. The largest absolute Gasteiger partial charge is 0.347 e. The van der Waals surface area contributed by atoms with Gasteiger partial charge in [0.2, 0.25) is 10.0 Å². The van der Waals surface area contributed by atoms with E-state index in [1.165, 1.54) is 6.26 Å². The first kappa shape index (κ1) is 15.6. The van der Waals surface area contributed by atoms with Gasteiger partial charge in [0.15, 0.2) is 0 Å². The number of aryl methyl sites for hydroxylation is 1. The Morgan fingerprint density at radius 3 is 2.50 bits per heavy atom. The topological polar surface area (TPSA) is 62.6 Å². The van der Waals surface area contributed by atoms with Crippen LogP contribution in [0.25, 0.3) is 0 Å². The monoisotopic (exact) mass is 325 g/mol. The third kappa shape index (κ3) is 2.56. The molecule has 0 aliphatic carbocycles. The standard InChI is InChI=1S/C15H23N3O3S/c1-16-9-3-6-13(16)14(19)17-10-4-7-15(12-17)8-5-11-18(15)22(2,20)21/h3,6,9H,4-5,7-8,10-12H2,1-2H3/t15-/m0/s1. The van der Waals surface area contributed by atoms with Crippen molar-refractivity contribution in [3.05, 3.63) is 24.0 Å². The van der Waals surface area contributed by atoms with Gasteiger partial charge in [-0.3, -0.25) is 4.79 Å². The molecule has 22 heavy (non-hydrogen) atoms. The van der Waals surface area contributed by atoms with Crippen LogP contribution in [0.15, 0.2) is 18.3 Å². The molecule has 3 rings (SSSR count). The van der Waals surface area contributed by atoms with E-state index >= 15 is 0 Å². The molecule has 1 spiro atoms. The van der Waals surface area contributed by atoms with Gasteiger partial charge in [0.25, 0.3) is 5.91 Å². The second-order valence-corrected chi connectivity index (χ2v) is 8.40. The number of hydrogen-bond acceptors (Lipinski definition) is 3. The number of sulfonamides is 1. The van der Waals surface area contributed by atoms with Crippen molar-refractivity contribution < 1.29 is 13.2 Å². The molecule has 7 heteroatoms. The summed E-state index contributed by atoms with van der Waals surface area (Å²) >= 11 is 0. The van der Waals surface area contributed by atoms with Crippen LogP contribution in [0.5, 0.6) is 0 Å². The average Bonchev–Trinajstić information content (AvgIpc) is 3.04. The summed E-state index contributed by atoms with van der Waals surface area (Å²) < 4.78 is 27.6. The van der Waals surface area contributed by atoms with Crippen LogP contribution in [0.2, 0.25) is 0 Å². The molecule has 1 aromatic heterocycles. The summed E-state index contributed by atoms with van der Waals surface area (Å²) in [5, 5.41) is 0. The lowest BCUT2D eigenvalue weighted by Gasteiger charge is -2.44. The first-order valence-corrected chi connectivity index (χ1v) is 9.57. The summed E-state index contributed by atoms with van der Waals surface area (Å²) in [6, 6.07) is 3.66. The molecule has 0 unspecified atom stereocenters. The van der Waals surface area contributed by atoms with E-state index < -0.39 is 15.6 Å². The molecule has 1 amide bonds. The minimum absolute atomic E-state index is 0.00748. The smallest absolute Gasteiger partial charge is 0.270 e. The van der Waals surface area contributed by atoms with E-state index in [2.05, 4.69) is 0 Å². The zero-order valence-electron chi connectivity index (χ0n) is 13.2. The van der Waals surface area contributed by atoms with E-state index in [1.54, 1.807) is 4.31 Å². The fraction of sp³-hybridized carbons (Fsp3) is 0.667. The molecule has 0 N–H and O–H groups in total. The Kier molecular flexibility index (Phi) is 3.81. The van der Waals surface area contributed by atoms with Crippen LogP contribution in [0.3, 0.4) is 0 Å². The molecule has 0 saturated carbocycles. The molecule has 0 bridgehead atoms. The van der Waals surface area contributed by atoms with Crippen LogP contribution in [0, 0.1) is 0 Å². The summed E-state index contributed by atoms with van der Waals surface area (Å²) in [5.41, 5.74) is 0.257. The van der Waals surface area contributed by atoms with E-state index in [9.17, 15) is 13.2 Å². The van der Waals surface area contributed by atoms with Crippen LogP contribution in [0.4, 0.5) is 0 Å². The van der Waals surface area contributed by atoms with Crippen molar-refractivity contribution in [2.24, 2.45) is 7.05 Å². The van der Waals surface area contributed by atoms with Gasteiger partial charge in [0.05, 0.1) is 11.8 Å². The maximum absolute atomic E-state index is 12.7. The highest BCUT2D eigenvalue weighted by Gasteiger charge is 2.48. The molecule has 2 aliphatic heterocycles. The molecule has 0 radical (unpaired) electrons. The number of aromatic nitrogens is 1. The van der Waals surface area contributed by atoms with Crippen LogP contribution in [-0.4, -0.2) is 59.5 Å².